The van der Waals surface area contributed by atoms with Gasteiger partial charge in [0.25, 0.3) is 0 Å². The van der Waals surface area contributed by atoms with E-state index in [1.807, 2.05) is 26.8 Å². The van der Waals surface area contributed by atoms with Gasteiger partial charge in [-0.05, 0) is 46.5 Å². The lowest BCUT2D eigenvalue weighted by molar-refractivity contribution is 0.0206. The molecule has 0 aliphatic carbocycles. The van der Waals surface area contributed by atoms with Crippen molar-refractivity contribution in [1.29, 1.82) is 0 Å². The zero-order valence-electron chi connectivity index (χ0n) is 16.2. The fourth-order valence-electron chi connectivity index (χ4n) is 3.18. The molecule has 1 aliphatic heterocycles. The first-order chi connectivity index (χ1) is 11.8. The Bertz CT molecular complexity index is 567. The molecule has 1 aliphatic rings. The minimum Gasteiger partial charge on any atom is -0.444 e. The summed E-state index contributed by atoms with van der Waals surface area (Å²) in [6.07, 6.45) is 5.51. The minimum absolute atomic E-state index is 0.186. The van der Waals surface area contributed by atoms with Crippen molar-refractivity contribution in [3.63, 3.8) is 0 Å². The summed E-state index contributed by atoms with van der Waals surface area (Å²) in [5.41, 5.74) is 0.622. The molecule has 1 fully saturated rings. The molecule has 2 heterocycles. The van der Waals surface area contributed by atoms with E-state index >= 15 is 0 Å². The molecular formula is C19H32N4O2. The van der Waals surface area contributed by atoms with Gasteiger partial charge < -0.3 is 15.0 Å². The molecule has 0 bridgehead atoms. The summed E-state index contributed by atoms with van der Waals surface area (Å²) < 4.78 is 5.49. The van der Waals surface area contributed by atoms with Gasteiger partial charge in [-0.1, -0.05) is 13.8 Å². The number of amides is 1. The highest BCUT2D eigenvalue weighted by atomic mass is 16.6. The number of nitrogens with zero attached hydrogens (tertiary/aromatic N) is 3. The first-order valence-corrected chi connectivity index (χ1v) is 9.38. The third kappa shape index (κ3) is 5.87. The average Bonchev–Trinajstić information content (AvgIpc) is 2.55. The van der Waals surface area contributed by atoms with Crippen LogP contribution in [0.5, 0.6) is 0 Å². The Morgan fingerprint density at radius 1 is 1.36 bits per heavy atom. The van der Waals surface area contributed by atoms with Gasteiger partial charge in [0.1, 0.15) is 17.7 Å². The lowest BCUT2D eigenvalue weighted by atomic mass is 9.99. The summed E-state index contributed by atoms with van der Waals surface area (Å²) >= 11 is 0. The van der Waals surface area contributed by atoms with E-state index in [1.165, 1.54) is 0 Å². The topological polar surface area (TPSA) is 67.4 Å². The molecule has 1 saturated heterocycles. The number of hydrogen-bond acceptors (Lipinski definition) is 5. The van der Waals surface area contributed by atoms with Gasteiger partial charge in [-0.2, -0.15) is 0 Å². The third-order valence-corrected chi connectivity index (χ3v) is 4.52. The van der Waals surface area contributed by atoms with E-state index < -0.39 is 5.60 Å². The summed E-state index contributed by atoms with van der Waals surface area (Å²) in [6.45, 7) is 11.4. The molecule has 0 aromatic carbocycles. The average molecular weight is 348 g/mol. The molecule has 6 nitrogen and oxygen atoms in total. The largest absolute Gasteiger partial charge is 0.444 e. The molecule has 0 spiro atoms. The van der Waals surface area contributed by atoms with Crippen LogP contribution in [0.1, 0.15) is 71.9 Å². The Hall–Kier alpha value is -1.85. The molecule has 1 aromatic rings. The van der Waals surface area contributed by atoms with Gasteiger partial charge in [-0.3, -0.25) is 0 Å². The zero-order valence-corrected chi connectivity index (χ0v) is 16.2. The van der Waals surface area contributed by atoms with Gasteiger partial charge in [-0.15, -0.1) is 0 Å². The second-order valence-electron chi connectivity index (χ2n) is 7.75. The van der Waals surface area contributed by atoms with Crippen LogP contribution in [0.2, 0.25) is 0 Å². The van der Waals surface area contributed by atoms with Crippen molar-refractivity contribution < 1.29 is 9.53 Å². The summed E-state index contributed by atoms with van der Waals surface area (Å²) in [5.74, 6) is 1.31. The quantitative estimate of drug-likeness (QED) is 0.864. The van der Waals surface area contributed by atoms with Gasteiger partial charge in [0.2, 0.25) is 0 Å². The SMILES string of the molecule is CCC(CC)c1cc(NC2CCCN(C(=O)OC(C)(C)C)C2)ncn1. The van der Waals surface area contributed by atoms with Crippen molar-refractivity contribution in [2.24, 2.45) is 0 Å². The first-order valence-electron chi connectivity index (χ1n) is 9.38. The molecule has 1 N–H and O–H groups in total. The van der Waals surface area contributed by atoms with E-state index in [1.54, 1.807) is 11.2 Å². The van der Waals surface area contributed by atoms with Crippen molar-refractivity contribution in [2.45, 2.75) is 77.9 Å². The zero-order chi connectivity index (χ0) is 18.4. The summed E-state index contributed by atoms with van der Waals surface area (Å²) in [5, 5.41) is 3.47. The van der Waals surface area contributed by atoms with Crippen LogP contribution >= 0.6 is 0 Å². The highest BCUT2D eigenvalue weighted by molar-refractivity contribution is 5.68. The van der Waals surface area contributed by atoms with E-state index in [0.29, 0.717) is 12.5 Å². The number of carbonyl (C=O) groups is 1. The van der Waals surface area contributed by atoms with Gasteiger partial charge in [0.15, 0.2) is 0 Å². The van der Waals surface area contributed by atoms with Gasteiger partial charge in [-0.25, -0.2) is 14.8 Å². The molecular weight excluding hydrogens is 316 g/mol. The molecule has 6 heteroatoms. The van der Waals surface area contributed by atoms with Crippen LogP contribution < -0.4 is 5.32 Å². The monoisotopic (exact) mass is 348 g/mol. The Labute approximate surface area is 151 Å². The number of piperidine rings is 1. The van der Waals surface area contributed by atoms with Crippen LogP contribution in [0, 0.1) is 0 Å². The standard InChI is InChI=1S/C19H32N4O2/c1-6-14(7-2)16-11-17(21-13-20-16)22-15-9-8-10-23(12-15)18(24)25-19(3,4)5/h11,13-15H,6-10,12H2,1-5H3,(H,20,21,22). The number of rotatable bonds is 5. The van der Waals surface area contributed by atoms with Gasteiger partial charge >= 0.3 is 6.09 Å². The molecule has 0 saturated carbocycles. The predicted molar refractivity (Wildman–Crippen MR) is 99.8 cm³/mol. The number of carbonyl (C=O) groups excluding carboxylic acids is 1. The van der Waals surface area contributed by atoms with Crippen LogP contribution in [0.15, 0.2) is 12.4 Å². The summed E-state index contributed by atoms with van der Waals surface area (Å²) in [7, 11) is 0. The van der Waals surface area contributed by atoms with Crippen LogP contribution in [0.25, 0.3) is 0 Å². The summed E-state index contributed by atoms with van der Waals surface area (Å²) in [6, 6.07) is 2.23. The van der Waals surface area contributed by atoms with Crippen LogP contribution in [-0.2, 0) is 4.74 Å². The minimum atomic E-state index is -0.464. The number of likely N-dealkylation sites (tertiary alicyclic amines) is 1. The van der Waals surface area contributed by atoms with Crippen molar-refractivity contribution >= 4 is 11.9 Å². The Kier molecular flexibility index (Phi) is 6.62. The predicted octanol–water partition coefficient (Wildman–Crippen LogP) is 4.19. The third-order valence-electron chi connectivity index (χ3n) is 4.52. The second kappa shape index (κ2) is 8.50. The number of nitrogens with one attached hydrogen (secondary N) is 1. The number of anilines is 1. The molecule has 2 rings (SSSR count). The fraction of sp³-hybridized carbons (Fsp3) is 0.737. The maximum Gasteiger partial charge on any atom is 0.410 e. The van der Waals surface area contributed by atoms with Crippen molar-refractivity contribution in [1.82, 2.24) is 14.9 Å². The maximum absolute atomic E-state index is 12.3. The van der Waals surface area contributed by atoms with E-state index in [4.69, 9.17) is 4.74 Å². The first kappa shape index (κ1) is 19.5. The van der Waals surface area contributed by atoms with Crippen LogP contribution in [0.4, 0.5) is 10.6 Å². The number of aromatic nitrogens is 2. The molecule has 1 amide bonds. The van der Waals surface area contributed by atoms with Crippen LogP contribution in [0.3, 0.4) is 0 Å². The highest BCUT2D eigenvalue weighted by Crippen LogP contribution is 2.23. The molecule has 1 atom stereocenters. The van der Waals surface area contributed by atoms with E-state index in [0.717, 1.165) is 43.7 Å². The number of ether oxygens (including phenoxy) is 1. The Balaban J connectivity index is 1.98. The van der Waals surface area contributed by atoms with Crippen molar-refractivity contribution in [3.8, 4) is 0 Å². The Morgan fingerprint density at radius 2 is 2.08 bits per heavy atom. The van der Waals surface area contributed by atoms with Gasteiger partial charge in [0, 0.05) is 36.8 Å². The molecule has 25 heavy (non-hydrogen) atoms. The van der Waals surface area contributed by atoms with E-state index in [2.05, 4.69) is 29.1 Å². The fourth-order valence-corrected chi connectivity index (χ4v) is 3.18. The Morgan fingerprint density at radius 3 is 2.72 bits per heavy atom. The maximum atomic E-state index is 12.3. The molecule has 1 unspecified atom stereocenters. The molecule has 140 valence electrons. The van der Waals surface area contributed by atoms with Crippen molar-refractivity contribution in [2.75, 3.05) is 18.4 Å². The molecule has 0 radical (unpaired) electrons. The lowest BCUT2D eigenvalue weighted by Gasteiger charge is -2.34. The van der Waals surface area contributed by atoms with Crippen LogP contribution in [-0.4, -0.2) is 45.7 Å². The molecule has 1 aromatic heterocycles. The van der Waals surface area contributed by atoms with Crippen molar-refractivity contribution in [3.05, 3.63) is 18.1 Å². The number of hydrogen-bond donors (Lipinski definition) is 1. The highest BCUT2D eigenvalue weighted by Gasteiger charge is 2.27. The van der Waals surface area contributed by atoms with Gasteiger partial charge in [0.05, 0.1) is 0 Å². The summed E-state index contributed by atoms with van der Waals surface area (Å²) in [4.78, 5) is 22.8. The normalized spacial score (nSPS) is 18.3. The second-order valence-corrected chi connectivity index (χ2v) is 7.75. The lowest BCUT2D eigenvalue weighted by Crippen LogP contribution is -2.47. The smallest absolute Gasteiger partial charge is 0.410 e. The van der Waals surface area contributed by atoms with E-state index in [9.17, 15) is 4.79 Å². The van der Waals surface area contributed by atoms with E-state index in [-0.39, 0.29) is 12.1 Å².